The number of nitrogens with two attached hydrogens (primary N) is 1. The summed E-state index contributed by atoms with van der Waals surface area (Å²) in [6.07, 6.45) is 8.42. The summed E-state index contributed by atoms with van der Waals surface area (Å²) in [5, 5.41) is 0.769. The highest BCUT2D eigenvalue weighted by atomic mass is 19.1. The zero-order valence-electron chi connectivity index (χ0n) is 22.3. The Morgan fingerprint density at radius 3 is 2.49 bits per heavy atom. The Morgan fingerprint density at radius 2 is 1.81 bits per heavy atom. The molecular formula is C31H37FN4O. The molecule has 0 saturated heterocycles. The summed E-state index contributed by atoms with van der Waals surface area (Å²) < 4.78 is 17.4. The normalized spacial score (nSPS) is 14.6. The van der Waals surface area contributed by atoms with Crippen molar-refractivity contribution in [3.8, 4) is 16.9 Å². The van der Waals surface area contributed by atoms with Gasteiger partial charge >= 0.3 is 5.69 Å². The van der Waals surface area contributed by atoms with Crippen LogP contribution in [0.5, 0.6) is 0 Å². The van der Waals surface area contributed by atoms with Crippen molar-refractivity contribution in [2.45, 2.75) is 84.1 Å². The van der Waals surface area contributed by atoms with E-state index in [2.05, 4.69) is 30.7 Å². The average molecular weight is 501 g/mol. The summed E-state index contributed by atoms with van der Waals surface area (Å²) in [4.78, 5) is 20.4. The molecule has 0 spiro atoms. The van der Waals surface area contributed by atoms with Crippen molar-refractivity contribution < 1.29 is 4.39 Å². The van der Waals surface area contributed by atoms with E-state index in [1.807, 2.05) is 43.3 Å². The van der Waals surface area contributed by atoms with Crippen LogP contribution in [-0.4, -0.2) is 20.6 Å². The van der Waals surface area contributed by atoms with Crippen LogP contribution >= 0.6 is 0 Å². The molecule has 6 heteroatoms. The number of nitrogens with zero attached hydrogens (tertiary/aromatic N) is 2. The second kappa shape index (κ2) is 9.90. The fourth-order valence-corrected chi connectivity index (χ4v) is 5.47. The van der Waals surface area contributed by atoms with Crippen LogP contribution in [0.1, 0.15) is 75.6 Å². The first kappa shape index (κ1) is 25.4. The predicted octanol–water partition coefficient (Wildman–Crippen LogP) is 6.37. The lowest BCUT2D eigenvalue weighted by molar-refractivity contribution is 0.573. The minimum Gasteiger partial charge on any atom is -0.339 e. The monoisotopic (exact) mass is 500 g/mol. The molecule has 0 bridgehead atoms. The second-order valence-corrected chi connectivity index (χ2v) is 11.6. The summed E-state index contributed by atoms with van der Waals surface area (Å²) >= 11 is 0. The quantitative estimate of drug-likeness (QED) is 0.323. The molecule has 0 amide bonds. The van der Waals surface area contributed by atoms with E-state index in [1.165, 1.54) is 16.7 Å². The smallest absolute Gasteiger partial charge is 0.339 e. The van der Waals surface area contributed by atoms with E-state index < -0.39 is 0 Å². The highest BCUT2D eigenvalue weighted by molar-refractivity contribution is 5.83. The van der Waals surface area contributed by atoms with Crippen molar-refractivity contribution in [2.75, 3.05) is 0 Å². The number of aromatic amines is 1. The fraction of sp³-hybridized carbons (Fsp3) is 0.419. The number of H-pyrrole nitrogens is 1. The van der Waals surface area contributed by atoms with Gasteiger partial charge in [0.15, 0.2) is 0 Å². The standard InChI is InChI=1S/C31H37FN4O/c1-19(33)8-7-9-20-16-26(28(32)25-11-6-5-10-24(20)25)27-17-21-18-36(30(37)35-29(21)34-27)23-14-12-22(13-15-23)31(2,3)4/h12-19H,5-11,33H2,1-4H3,(H,34,35,37)/t19-/m0/s1. The van der Waals surface area contributed by atoms with Crippen LogP contribution in [0.25, 0.3) is 28.0 Å². The van der Waals surface area contributed by atoms with E-state index in [4.69, 9.17) is 5.73 Å². The van der Waals surface area contributed by atoms with Crippen LogP contribution in [-0.2, 0) is 24.7 Å². The van der Waals surface area contributed by atoms with E-state index in [0.29, 0.717) is 16.9 Å². The summed E-state index contributed by atoms with van der Waals surface area (Å²) in [5.41, 5.74) is 12.5. The van der Waals surface area contributed by atoms with Crippen molar-refractivity contribution in [1.29, 1.82) is 0 Å². The molecule has 0 aliphatic heterocycles. The number of rotatable bonds is 6. The first-order chi connectivity index (χ1) is 17.6. The van der Waals surface area contributed by atoms with Gasteiger partial charge in [0.25, 0.3) is 0 Å². The van der Waals surface area contributed by atoms with Gasteiger partial charge in [-0.1, -0.05) is 32.9 Å². The maximum absolute atomic E-state index is 15.8. The third kappa shape index (κ3) is 5.12. The van der Waals surface area contributed by atoms with Gasteiger partial charge in [-0.25, -0.2) is 9.18 Å². The Balaban J connectivity index is 1.55. The molecule has 2 heterocycles. The van der Waals surface area contributed by atoms with Gasteiger partial charge in [0.1, 0.15) is 11.5 Å². The maximum atomic E-state index is 15.8. The number of aryl methyl sites for hydroxylation is 1. The molecule has 2 aromatic carbocycles. The SMILES string of the molecule is C[C@H](N)CCCc1cc(-c2cc3cn(-c4ccc(C(C)(C)C)cc4)c(=O)nc3[nH]2)c(F)c2c1CCCC2. The van der Waals surface area contributed by atoms with E-state index in [9.17, 15) is 4.79 Å². The molecule has 3 N–H and O–H groups in total. The predicted molar refractivity (Wildman–Crippen MR) is 149 cm³/mol. The van der Waals surface area contributed by atoms with Crippen LogP contribution in [0.15, 0.2) is 47.4 Å². The van der Waals surface area contributed by atoms with Gasteiger partial charge in [-0.3, -0.25) is 4.57 Å². The maximum Gasteiger partial charge on any atom is 0.354 e. The first-order valence-electron chi connectivity index (χ1n) is 13.4. The molecule has 0 radical (unpaired) electrons. The van der Waals surface area contributed by atoms with Gasteiger partial charge in [-0.05, 0) is 104 Å². The van der Waals surface area contributed by atoms with E-state index in [0.717, 1.165) is 61.6 Å². The average Bonchev–Trinajstić information content (AvgIpc) is 3.27. The lowest BCUT2D eigenvalue weighted by Gasteiger charge is -2.22. The largest absolute Gasteiger partial charge is 0.354 e. The highest BCUT2D eigenvalue weighted by Crippen LogP contribution is 2.35. The number of benzene rings is 2. The summed E-state index contributed by atoms with van der Waals surface area (Å²) in [6.45, 7) is 8.51. The van der Waals surface area contributed by atoms with Crippen LogP contribution in [0.4, 0.5) is 4.39 Å². The zero-order valence-corrected chi connectivity index (χ0v) is 22.3. The minimum absolute atomic E-state index is 0.0294. The van der Waals surface area contributed by atoms with E-state index >= 15 is 4.39 Å². The van der Waals surface area contributed by atoms with Crippen molar-refractivity contribution in [3.05, 3.63) is 81.2 Å². The molecule has 1 aliphatic carbocycles. The highest BCUT2D eigenvalue weighted by Gasteiger charge is 2.23. The molecule has 0 saturated carbocycles. The molecule has 2 aromatic heterocycles. The molecule has 194 valence electrons. The third-order valence-electron chi connectivity index (χ3n) is 7.59. The first-order valence-corrected chi connectivity index (χ1v) is 13.4. The Hall–Kier alpha value is -3.25. The second-order valence-electron chi connectivity index (χ2n) is 11.6. The molecular weight excluding hydrogens is 463 g/mol. The molecule has 0 unspecified atom stereocenters. The van der Waals surface area contributed by atoms with Crippen LogP contribution in [0, 0.1) is 5.82 Å². The molecule has 4 aromatic rings. The van der Waals surface area contributed by atoms with Crippen molar-refractivity contribution in [1.82, 2.24) is 14.5 Å². The van der Waals surface area contributed by atoms with Gasteiger partial charge in [0.05, 0.1) is 11.4 Å². The number of halogens is 1. The summed E-state index contributed by atoms with van der Waals surface area (Å²) in [7, 11) is 0. The molecule has 1 atom stereocenters. The number of hydrogen-bond acceptors (Lipinski definition) is 3. The molecule has 0 fully saturated rings. The van der Waals surface area contributed by atoms with E-state index in [1.54, 1.807) is 10.8 Å². The van der Waals surface area contributed by atoms with Gasteiger partial charge in [0.2, 0.25) is 0 Å². The van der Waals surface area contributed by atoms with Crippen molar-refractivity contribution >= 4 is 11.0 Å². The Kier molecular flexibility index (Phi) is 6.80. The van der Waals surface area contributed by atoms with E-state index in [-0.39, 0.29) is 23.0 Å². The lowest BCUT2D eigenvalue weighted by atomic mass is 9.84. The summed E-state index contributed by atoms with van der Waals surface area (Å²) in [5.74, 6) is -0.148. The van der Waals surface area contributed by atoms with Crippen LogP contribution in [0.3, 0.4) is 0 Å². The summed E-state index contributed by atoms with van der Waals surface area (Å²) in [6, 6.07) is 12.0. The molecule has 37 heavy (non-hydrogen) atoms. The van der Waals surface area contributed by atoms with Gasteiger partial charge in [0, 0.05) is 23.2 Å². The fourth-order valence-electron chi connectivity index (χ4n) is 5.47. The third-order valence-corrected chi connectivity index (χ3v) is 7.59. The molecule has 1 aliphatic rings. The van der Waals surface area contributed by atoms with Crippen molar-refractivity contribution in [2.24, 2.45) is 5.73 Å². The van der Waals surface area contributed by atoms with Gasteiger partial charge in [-0.15, -0.1) is 0 Å². The Bertz CT molecular complexity index is 1490. The topological polar surface area (TPSA) is 76.7 Å². The van der Waals surface area contributed by atoms with Crippen molar-refractivity contribution in [3.63, 3.8) is 0 Å². The lowest BCUT2D eigenvalue weighted by Crippen LogP contribution is -2.20. The molecule has 5 rings (SSSR count). The number of nitrogens with one attached hydrogen (secondary N) is 1. The van der Waals surface area contributed by atoms with Crippen LogP contribution < -0.4 is 11.4 Å². The van der Waals surface area contributed by atoms with Crippen LogP contribution in [0.2, 0.25) is 0 Å². The Labute approximate surface area is 217 Å². The molecule has 5 nitrogen and oxygen atoms in total. The van der Waals surface area contributed by atoms with Gasteiger partial charge < -0.3 is 10.7 Å². The number of aromatic nitrogens is 3. The number of hydrogen-bond donors (Lipinski definition) is 2. The minimum atomic E-state index is -0.369. The van der Waals surface area contributed by atoms with Gasteiger partial charge in [-0.2, -0.15) is 4.98 Å². The number of fused-ring (bicyclic) bond motifs is 2. The Morgan fingerprint density at radius 1 is 1.11 bits per heavy atom. The zero-order chi connectivity index (χ0) is 26.3.